The third-order valence-electron chi connectivity index (χ3n) is 4.71. The van der Waals surface area contributed by atoms with Gasteiger partial charge < -0.3 is 10.0 Å². The van der Waals surface area contributed by atoms with Crippen LogP contribution in [0.5, 0.6) is 0 Å². The quantitative estimate of drug-likeness (QED) is 0.808. The van der Waals surface area contributed by atoms with Crippen LogP contribution in [0.2, 0.25) is 0 Å². The zero-order valence-corrected chi connectivity index (χ0v) is 13.4. The highest BCUT2D eigenvalue weighted by molar-refractivity contribution is 6.37. The number of aliphatic carboxylic acids is 1. The van der Waals surface area contributed by atoms with Crippen LogP contribution >= 0.6 is 0 Å². The lowest BCUT2D eigenvalue weighted by atomic mass is 9.63. The van der Waals surface area contributed by atoms with Crippen molar-refractivity contribution in [3.63, 3.8) is 0 Å². The van der Waals surface area contributed by atoms with Gasteiger partial charge in [-0.3, -0.25) is 4.79 Å². The molecular formula is C17H23NO3. The third-order valence-corrected chi connectivity index (χ3v) is 4.71. The minimum absolute atomic E-state index is 0.0357. The van der Waals surface area contributed by atoms with Gasteiger partial charge in [-0.05, 0) is 46.9 Å². The molecule has 2 rings (SSSR count). The summed E-state index contributed by atoms with van der Waals surface area (Å²) in [6.07, 6.45) is 2.20. The smallest absolute Gasteiger partial charge is 0.394 e. The molecule has 114 valence electrons. The fraction of sp³-hybridized carbons (Fsp3) is 0.529. The first kappa shape index (κ1) is 15.5. The predicted octanol–water partition coefficient (Wildman–Crippen LogP) is 3.08. The van der Waals surface area contributed by atoms with Gasteiger partial charge in [0.15, 0.2) is 0 Å². The Morgan fingerprint density at radius 3 is 2.10 bits per heavy atom. The molecule has 1 aromatic carbocycles. The summed E-state index contributed by atoms with van der Waals surface area (Å²) in [7, 11) is 1.50. The Balaban J connectivity index is 2.51. The number of carbonyl (C=O) groups is 2. The van der Waals surface area contributed by atoms with Crippen LogP contribution in [0.4, 0.5) is 5.69 Å². The molecule has 0 unspecified atom stereocenters. The summed E-state index contributed by atoms with van der Waals surface area (Å²) in [6, 6.07) is 5.84. The topological polar surface area (TPSA) is 57.6 Å². The molecule has 1 N–H and O–H groups in total. The molecule has 0 bridgehead atoms. The zero-order chi connectivity index (χ0) is 16.0. The van der Waals surface area contributed by atoms with Crippen LogP contribution in [-0.2, 0) is 20.4 Å². The highest BCUT2D eigenvalue weighted by atomic mass is 16.4. The van der Waals surface area contributed by atoms with E-state index in [-0.39, 0.29) is 10.8 Å². The number of hydrogen-bond donors (Lipinski definition) is 1. The van der Waals surface area contributed by atoms with Gasteiger partial charge in [-0.1, -0.05) is 33.8 Å². The van der Waals surface area contributed by atoms with Gasteiger partial charge in [-0.2, -0.15) is 0 Å². The van der Waals surface area contributed by atoms with Crippen LogP contribution in [0.15, 0.2) is 18.2 Å². The minimum Gasteiger partial charge on any atom is -0.474 e. The van der Waals surface area contributed by atoms with E-state index in [0.29, 0.717) is 5.69 Å². The van der Waals surface area contributed by atoms with Gasteiger partial charge in [-0.25, -0.2) is 4.79 Å². The van der Waals surface area contributed by atoms with Crippen LogP contribution in [0, 0.1) is 0 Å². The van der Waals surface area contributed by atoms with Gasteiger partial charge in [0.05, 0.1) is 0 Å². The largest absolute Gasteiger partial charge is 0.474 e. The number of fused-ring (bicyclic) bond motifs is 1. The third kappa shape index (κ3) is 2.67. The van der Waals surface area contributed by atoms with Crippen LogP contribution < -0.4 is 4.90 Å². The SMILES string of the molecule is CN(C(=O)C(=O)O)c1ccc2c(c1)C(C)(C)CCC2(C)C. The minimum atomic E-state index is -1.44. The lowest BCUT2D eigenvalue weighted by molar-refractivity contribution is -0.148. The maximum absolute atomic E-state index is 11.6. The molecule has 1 aromatic rings. The second-order valence-corrected chi connectivity index (χ2v) is 7.17. The summed E-state index contributed by atoms with van der Waals surface area (Å²) in [6.45, 7) is 8.85. The molecule has 0 radical (unpaired) electrons. The molecule has 0 saturated heterocycles. The number of anilines is 1. The monoisotopic (exact) mass is 289 g/mol. The van der Waals surface area contributed by atoms with Crippen molar-refractivity contribution in [1.82, 2.24) is 0 Å². The highest BCUT2D eigenvalue weighted by Gasteiger charge is 2.37. The Kier molecular flexibility index (Phi) is 3.60. The number of hydrogen-bond acceptors (Lipinski definition) is 2. The molecule has 0 spiro atoms. The number of carboxylic acids is 1. The Hall–Kier alpha value is -1.84. The summed E-state index contributed by atoms with van der Waals surface area (Å²) < 4.78 is 0. The molecule has 0 aliphatic heterocycles. The van der Waals surface area contributed by atoms with E-state index in [2.05, 4.69) is 27.7 Å². The number of rotatable bonds is 1. The van der Waals surface area contributed by atoms with Crippen LogP contribution in [0.3, 0.4) is 0 Å². The van der Waals surface area contributed by atoms with E-state index in [9.17, 15) is 9.59 Å². The van der Waals surface area contributed by atoms with Crippen molar-refractivity contribution >= 4 is 17.6 Å². The van der Waals surface area contributed by atoms with E-state index in [1.165, 1.54) is 23.1 Å². The number of carbonyl (C=O) groups excluding carboxylic acids is 1. The highest BCUT2D eigenvalue weighted by Crippen LogP contribution is 2.46. The number of likely N-dealkylation sites (N-methyl/N-ethyl adjacent to an activating group) is 1. The van der Waals surface area contributed by atoms with E-state index < -0.39 is 11.9 Å². The fourth-order valence-corrected chi connectivity index (χ4v) is 3.05. The lowest BCUT2D eigenvalue weighted by Crippen LogP contribution is -2.36. The number of amides is 1. The van der Waals surface area contributed by atoms with E-state index in [4.69, 9.17) is 5.11 Å². The van der Waals surface area contributed by atoms with Gasteiger partial charge >= 0.3 is 11.9 Å². The van der Waals surface area contributed by atoms with Crippen molar-refractivity contribution < 1.29 is 14.7 Å². The summed E-state index contributed by atoms with van der Waals surface area (Å²) in [4.78, 5) is 23.7. The standard InChI is InChI=1S/C17H23NO3/c1-16(2)8-9-17(3,4)13-10-11(6-7-12(13)16)18(5)14(19)15(20)21/h6-7,10H,8-9H2,1-5H3,(H,20,21). The van der Waals surface area contributed by atoms with Crippen molar-refractivity contribution in [1.29, 1.82) is 0 Å². The zero-order valence-electron chi connectivity index (χ0n) is 13.4. The predicted molar refractivity (Wildman–Crippen MR) is 82.8 cm³/mol. The van der Waals surface area contributed by atoms with Crippen LogP contribution in [0.25, 0.3) is 0 Å². The van der Waals surface area contributed by atoms with Gasteiger partial charge in [0.1, 0.15) is 0 Å². The molecule has 0 fully saturated rings. The lowest BCUT2D eigenvalue weighted by Gasteiger charge is -2.42. The summed E-state index contributed by atoms with van der Waals surface area (Å²) in [5.74, 6) is -2.35. The van der Waals surface area contributed by atoms with E-state index in [0.717, 1.165) is 12.8 Å². The molecule has 21 heavy (non-hydrogen) atoms. The average Bonchev–Trinajstić information content (AvgIpc) is 2.42. The maximum atomic E-state index is 11.6. The number of nitrogens with zero attached hydrogens (tertiary/aromatic N) is 1. The second kappa shape index (κ2) is 4.86. The van der Waals surface area contributed by atoms with Gasteiger partial charge in [0.25, 0.3) is 0 Å². The molecule has 0 saturated carbocycles. The molecule has 0 atom stereocenters. The maximum Gasteiger partial charge on any atom is 0.394 e. The molecule has 4 heteroatoms. The Morgan fingerprint density at radius 2 is 1.57 bits per heavy atom. The van der Waals surface area contributed by atoms with Gasteiger partial charge in [0.2, 0.25) is 0 Å². The molecule has 0 aromatic heterocycles. The Labute approximate surface area is 125 Å². The Morgan fingerprint density at radius 1 is 1.05 bits per heavy atom. The van der Waals surface area contributed by atoms with E-state index in [1.54, 1.807) is 0 Å². The molecular weight excluding hydrogens is 266 g/mol. The van der Waals surface area contributed by atoms with Gasteiger partial charge in [-0.15, -0.1) is 0 Å². The first-order valence-electron chi connectivity index (χ1n) is 7.22. The van der Waals surface area contributed by atoms with E-state index in [1.807, 2.05) is 18.2 Å². The van der Waals surface area contributed by atoms with E-state index >= 15 is 0 Å². The number of carboxylic acid groups (broad SMARTS) is 1. The second-order valence-electron chi connectivity index (χ2n) is 7.17. The van der Waals surface area contributed by atoms with Gasteiger partial charge in [0, 0.05) is 12.7 Å². The molecule has 0 heterocycles. The van der Waals surface area contributed by atoms with Crippen molar-refractivity contribution in [2.45, 2.75) is 51.4 Å². The number of benzene rings is 1. The van der Waals surface area contributed by atoms with Crippen molar-refractivity contribution in [3.05, 3.63) is 29.3 Å². The van der Waals surface area contributed by atoms with Crippen molar-refractivity contribution in [3.8, 4) is 0 Å². The Bertz CT molecular complexity index is 602. The summed E-state index contributed by atoms with van der Waals surface area (Å²) in [5.41, 5.74) is 3.28. The van der Waals surface area contributed by atoms with Crippen molar-refractivity contribution in [2.75, 3.05) is 11.9 Å². The first-order chi connectivity index (χ1) is 9.56. The summed E-state index contributed by atoms with van der Waals surface area (Å²) >= 11 is 0. The average molecular weight is 289 g/mol. The molecule has 1 aliphatic carbocycles. The first-order valence-corrected chi connectivity index (χ1v) is 7.22. The molecule has 1 aliphatic rings. The normalized spacial score (nSPS) is 18.7. The summed E-state index contributed by atoms with van der Waals surface area (Å²) in [5, 5.41) is 8.85. The molecule has 1 amide bonds. The van der Waals surface area contributed by atoms with Crippen LogP contribution in [-0.4, -0.2) is 24.0 Å². The van der Waals surface area contributed by atoms with Crippen LogP contribution in [0.1, 0.15) is 51.7 Å². The molecule has 4 nitrogen and oxygen atoms in total. The fourth-order valence-electron chi connectivity index (χ4n) is 3.05. The van der Waals surface area contributed by atoms with Crippen molar-refractivity contribution in [2.24, 2.45) is 0 Å².